The number of ether oxygens (including phenoxy) is 3. The van der Waals surface area contributed by atoms with Crippen molar-refractivity contribution in [3.05, 3.63) is 190 Å². The van der Waals surface area contributed by atoms with Crippen LogP contribution in [-0.2, 0) is 79.3 Å². The van der Waals surface area contributed by atoms with E-state index in [4.69, 9.17) is 29.2 Å². The Morgan fingerprint density at radius 1 is 0.595 bits per heavy atom. The number of rotatable bonds is 9. The molecule has 0 fully saturated rings. The lowest BCUT2D eigenvalue weighted by Crippen LogP contribution is -2.44. The Labute approximate surface area is 482 Å². The molecule has 428 valence electrons. The number of Topliss-reactive ketones (excluding diaryl/α,β-unsaturated/α-hetero) is 1. The molecular formula is C66H62N6O12. The fourth-order valence-corrected chi connectivity index (χ4v) is 11.8. The molecule has 0 saturated heterocycles. The van der Waals surface area contributed by atoms with Crippen LogP contribution in [0.5, 0.6) is 0 Å². The van der Waals surface area contributed by atoms with E-state index in [9.17, 15) is 43.8 Å². The lowest BCUT2D eigenvalue weighted by Gasteiger charge is -2.31. The van der Waals surface area contributed by atoms with E-state index in [0.717, 1.165) is 60.8 Å². The zero-order valence-electron chi connectivity index (χ0n) is 47.3. The van der Waals surface area contributed by atoms with Gasteiger partial charge in [-0.2, -0.15) is 0 Å². The predicted octanol–water partition coefficient (Wildman–Crippen LogP) is 9.44. The van der Waals surface area contributed by atoms with Gasteiger partial charge in [0, 0.05) is 50.4 Å². The summed E-state index contributed by atoms with van der Waals surface area (Å²) < 4.78 is 19.9. The van der Waals surface area contributed by atoms with Crippen molar-refractivity contribution in [3.63, 3.8) is 0 Å². The van der Waals surface area contributed by atoms with Crippen LogP contribution in [0.1, 0.15) is 134 Å². The zero-order valence-corrected chi connectivity index (χ0v) is 47.3. The van der Waals surface area contributed by atoms with Crippen molar-refractivity contribution in [1.82, 2.24) is 28.7 Å². The molecule has 0 amide bonds. The summed E-state index contributed by atoms with van der Waals surface area (Å²) >= 11 is 0. The molecule has 5 aliphatic rings. The third-order valence-electron chi connectivity index (χ3n) is 16.5. The van der Waals surface area contributed by atoms with E-state index in [0.29, 0.717) is 76.6 Å². The van der Waals surface area contributed by atoms with E-state index in [2.05, 4.69) is 19.9 Å². The largest absolute Gasteiger partial charge is 0.463 e. The number of aromatic nitrogens is 6. The number of unbranched alkanes of at least 4 members (excludes halogenated alkanes) is 2. The highest BCUT2D eigenvalue weighted by atomic mass is 16.6. The molecule has 18 nitrogen and oxygen atoms in total. The summed E-state index contributed by atoms with van der Waals surface area (Å²) in [6.45, 7) is 10.7. The molecule has 14 rings (SSSR count). The van der Waals surface area contributed by atoms with Crippen molar-refractivity contribution in [2.45, 2.75) is 130 Å². The number of hydrogen-bond acceptors (Lipinski definition) is 15. The molecule has 9 aromatic rings. The first-order chi connectivity index (χ1) is 40.6. The molecular weight excluding hydrogens is 1070 g/mol. The highest BCUT2D eigenvalue weighted by Crippen LogP contribution is 2.41. The van der Waals surface area contributed by atoms with Crippen LogP contribution in [0.15, 0.2) is 124 Å². The Kier molecular flexibility index (Phi) is 15.4. The number of aliphatic hydroxyl groups is 2. The van der Waals surface area contributed by atoms with Gasteiger partial charge in [-0.25, -0.2) is 19.7 Å². The van der Waals surface area contributed by atoms with Crippen LogP contribution >= 0.6 is 0 Å². The van der Waals surface area contributed by atoms with Crippen molar-refractivity contribution < 1.29 is 43.6 Å². The number of carbonyl (C=O) groups excluding carboxylic acids is 4. The Balaban J connectivity index is 0.000000126. The zero-order chi connectivity index (χ0) is 59.2. The number of para-hydroxylation sites is 3. The lowest BCUT2D eigenvalue weighted by molar-refractivity contribution is -0.172. The van der Waals surface area contributed by atoms with Gasteiger partial charge < -0.3 is 38.1 Å². The van der Waals surface area contributed by atoms with Crippen molar-refractivity contribution >= 4 is 56.9 Å². The van der Waals surface area contributed by atoms with Crippen molar-refractivity contribution in [1.29, 1.82) is 0 Å². The van der Waals surface area contributed by atoms with E-state index in [1.165, 1.54) is 19.3 Å². The number of ketones is 1. The fourth-order valence-electron chi connectivity index (χ4n) is 11.8. The third kappa shape index (κ3) is 9.87. The van der Waals surface area contributed by atoms with Gasteiger partial charge in [0.05, 0.1) is 93.5 Å². The van der Waals surface area contributed by atoms with Crippen molar-refractivity contribution in [2.75, 3.05) is 0 Å². The van der Waals surface area contributed by atoms with Gasteiger partial charge in [0.15, 0.2) is 11.4 Å². The quantitative estimate of drug-likeness (QED) is 0.0592. The second-order valence-corrected chi connectivity index (χ2v) is 21.6. The Bertz CT molecular complexity index is 4390. The number of nitrogens with zero attached hydrogens (tertiary/aromatic N) is 6. The van der Waals surface area contributed by atoms with Gasteiger partial charge >= 0.3 is 11.9 Å². The number of esters is 2. The van der Waals surface area contributed by atoms with Gasteiger partial charge in [-0.15, -0.1) is 0 Å². The molecule has 5 aliphatic heterocycles. The molecule has 0 aliphatic carbocycles. The molecule has 6 aromatic heterocycles. The number of fused-ring (bicyclic) bond motifs is 14. The van der Waals surface area contributed by atoms with Crippen LogP contribution in [0.25, 0.3) is 66.9 Å². The minimum atomic E-state index is -1.79. The average molecular weight is 1130 g/mol. The van der Waals surface area contributed by atoms with Gasteiger partial charge in [-0.1, -0.05) is 108 Å². The minimum Gasteiger partial charge on any atom is -0.463 e. The monoisotopic (exact) mass is 1130 g/mol. The highest BCUT2D eigenvalue weighted by molar-refractivity contribution is 5.98. The molecule has 0 radical (unpaired) electrons. The molecule has 0 saturated carbocycles. The first kappa shape index (κ1) is 56.6. The van der Waals surface area contributed by atoms with Gasteiger partial charge in [0.2, 0.25) is 0 Å². The molecule has 3 aromatic carbocycles. The van der Waals surface area contributed by atoms with Crippen LogP contribution in [0.4, 0.5) is 0 Å². The van der Waals surface area contributed by atoms with Gasteiger partial charge in [0.25, 0.3) is 23.2 Å². The van der Waals surface area contributed by atoms with Crippen molar-refractivity contribution in [2.24, 2.45) is 0 Å². The lowest BCUT2D eigenvalue weighted by atomic mass is 9.85. The second-order valence-electron chi connectivity index (χ2n) is 21.6. The Morgan fingerprint density at radius 2 is 1.05 bits per heavy atom. The van der Waals surface area contributed by atoms with Crippen LogP contribution in [-0.4, -0.2) is 63.1 Å². The molecule has 2 N–H and O–H groups in total. The summed E-state index contributed by atoms with van der Waals surface area (Å²) in [5, 5.41) is 25.0. The van der Waals surface area contributed by atoms with Gasteiger partial charge in [-0.05, 0) is 73.0 Å². The normalized spacial score (nSPS) is 17.1. The van der Waals surface area contributed by atoms with E-state index < -0.39 is 23.1 Å². The molecule has 84 heavy (non-hydrogen) atoms. The fraction of sp³-hybridized carbons (Fsp3) is 0.303. The number of carbonyl (C=O) groups is 4. The molecule has 11 heterocycles. The maximum absolute atomic E-state index is 13.2. The topological polar surface area (TPSA) is 241 Å². The Hall–Kier alpha value is -9.26. The summed E-state index contributed by atoms with van der Waals surface area (Å²) in [6.07, 6.45) is 4.63. The summed E-state index contributed by atoms with van der Waals surface area (Å²) in [5.41, 5.74) is 7.59. The summed E-state index contributed by atoms with van der Waals surface area (Å²) in [6, 6.07) is 34.7. The summed E-state index contributed by atoms with van der Waals surface area (Å²) in [4.78, 5) is 100. The number of cyclic esters (lactones) is 2. The van der Waals surface area contributed by atoms with E-state index in [1.807, 2.05) is 91.0 Å². The van der Waals surface area contributed by atoms with Crippen LogP contribution in [0.3, 0.4) is 0 Å². The average Bonchev–Trinajstić information content (AvgIpc) is 1.79. The first-order valence-electron chi connectivity index (χ1n) is 28.4. The highest BCUT2D eigenvalue weighted by Gasteiger charge is 2.46. The Morgan fingerprint density at radius 3 is 1.50 bits per heavy atom. The molecule has 0 bridgehead atoms. The molecule has 1 unspecified atom stereocenters. The maximum Gasteiger partial charge on any atom is 0.343 e. The maximum atomic E-state index is 13.2. The molecule has 2 atom stereocenters. The SMILES string of the molecule is CCC(=O)c1cc2n(c(=O)c1COC=O)Cc1cc3ccccc3nc1-2.CCC1(O)CC(=O)OCc2c1cc1n(c2=O)Cc2cc3ccccc3nc2-1.CCCCC.CC[C@@]1(O)C(=O)OCc2c1cc1n(c2=O)Cc2cc3ccccc3nc2-1. The molecule has 0 spiro atoms. The van der Waals surface area contributed by atoms with Crippen LogP contribution < -0.4 is 16.7 Å². The number of hydrogen-bond donors (Lipinski definition) is 2. The van der Waals surface area contributed by atoms with Crippen LogP contribution in [0.2, 0.25) is 0 Å². The molecule has 18 heteroatoms. The van der Waals surface area contributed by atoms with E-state index in [1.54, 1.807) is 46.6 Å². The van der Waals surface area contributed by atoms with E-state index >= 15 is 0 Å². The minimum absolute atomic E-state index is 0.110. The number of pyridine rings is 6. The summed E-state index contributed by atoms with van der Waals surface area (Å²) in [7, 11) is 0. The van der Waals surface area contributed by atoms with Gasteiger partial charge in [-0.3, -0.25) is 28.8 Å². The first-order valence-corrected chi connectivity index (χ1v) is 28.4. The smallest absolute Gasteiger partial charge is 0.343 e. The second kappa shape index (κ2) is 22.8. The summed E-state index contributed by atoms with van der Waals surface area (Å²) in [5.74, 6) is -1.37. The standard InChI is InChI=1S/C21H18N2O4.2C20H16N2O4.C5H12/c1-2-21(26)9-18(24)27-11-14-15(21)8-17-19-13(10-23(17)20(14)25)7-12-5-3-4-6-16(12)22-19;1-2-20(25)14-8-16-17-12(7-11-5-3-4-6-15(11)21-17)9-22(16)18(23)13(14)10-26-19(20)24;1-2-18(24)14-8-17-19-13(7-12-5-3-4-6-16(12)21-19)9-22(17)20(25)15(14)10-26-11-23;1-3-5-4-2/h3-8,26H,2,9-11H2,1H3;3-8,25H,2,9-10H2,1H3;3-8,11H,2,9-10H2,1H3;3-5H2,1-2H3/t;20-;;/m.0../s1. The van der Waals surface area contributed by atoms with E-state index in [-0.39, 0.29) is 73.6 Å². The number of benzene rings is 3. The predicted molar refractivity (Wildman–Crippen MR) is 315 cm³/mol. The van der Waals surface area contributed by atoms with Gasteiger partial charge in [0.1, 0.15) is 25.4 Å². The third-order valence-corrected chi connectivity index (χ3v) is 16.5. The van der Waals surface area contributed by atoms with Crippen molar-refractivity contribution in [3.8, 4) is 34.2 Å². The van der Waals surface area contributed by atoms with Crippen LogP contribution in [0, 0.1) is 0 Å².